The summed E-state index contributed by atoms with van der Waals surface area (Å²) in [6.45, 7) is 0. The number of tetrazole rings is 1. The van der Waals surface area contributed by atoms with Gasteiger partial charge in [0, 0.05) is 16.7 Å². The van der Waals surface area contributed by atoms with Crippen LogP contribution in [0.2, 0.25) is 5.02 Å². The van der Waals surface area contributed by atoms with E-state index in [4.69, 9.17) is 16.0 Å². The van der Waals surface area contributed by atoms with Crippen LogP contribution >= 0.6 is 11.6 Å². The Balaban J connectivity index is 1.33. The molecule has 5 aromatic rings. The largest absolute Gasteiger partial charge is 0.463 e. The molecule has 34 heavy (non-hydrogen) atoms. The molecular formula is C22H15ClN8O3. The first kappa shape index (κ1) is 21.1. The molecule has 3 aromatic heterocycles. The van der Waals surface area contributed by atoms with Crippen molar-refractivity contribution >= 4 is 23.4 Å². The second-order valence-corrected chi connectivity index (χ2v) is 7.43. The van der Waals surface area contributed by atoms with E-state index < -0.39 is 11.8 Å². The number of hydrogen-bond donors (Lipinski definition) is 2. The summed E-state index contributed by atoms with van der Waals surface area (Å²) in [7, 11) is 0. The van der Waals surface area contributed by atoms with Crippen LogP contribution in [0.15, 0.2) is 83.7 Å². The zero-order valence-corrected chi connectivity index (χ0v) is 18.0. The molecule has 0 atom stereocenters. The minimum Gasteiger partial charge on any atom is -0.463 e. The third kappa shape index (κ3) is 4.27. The quantitative estimate of drug-likeness (QED) is 0.374. The molecule has 0 saturated carbocycles. The van der Waals surface area contributed by atoms with Gasteiger partial charge >= 0.3 is 0 Å². The Bertz CT molecular complexity index is 1440. The number of aromatic nitrogens is 6. The number of nitrogens with one attached hydrogen (secondary N) is 2. The van der Waals surface area contributed by atoms with Crippen molar-refractivity contribution in [3.05, 3.63) is 95.6 Å². The standard InChI is InChI=1S/C22H15ClN8O3/c23-15-3-1-4-17(11-15)31-19(20-5-2-10-34-20)12-18(27-31)22(33)26-25-21(32)14-6-8-16(9-7-14)30-13-24-28-29-30/h1-13H,(H,25,32)(H,26,33). The Labute approximate surface area is 196 Å². The van der Waals surface area contributed by atoms with Crippen LogP contribution in [0.4, 0.5) is 0 Å². The first-order valence-electron chi connectivity index (χ1n) is 9.92. The Morgan fingerprint density at radius 1 is 0.912 bits per heavy atom. The average Bonchev–Trinajstić information content (AvgIpc) is 3.63. The fourth-order valence-electron chi connectivity index (χ4n) is 3.19. The van der Waals surface area contributed by atoms with E-state index in [-0.39, 0.29) is 5.69 Å². The second-order valence-electron chi connectivity index (χ2n) is 6.99. The highest BCUT2D eigenvalue weighted by Crippen LogP contribution is 2.25. The first-order valence-corrected chi connectivity index (χ1v) is 10.3. The maximum Gasteiger partial charge on any atom is 0.290 e. The van der Waals surface area contributed by atoms with Crippen molar-refractivity contribution in [1.29, 1.82) is 0 Å². The van der Waals surface area contributed by atoms with E-state index in [0.29, 0.717) is 33.4 Å². The highest BCUT2D eigenvalue weighted by Gasteiger charge is 2.19. The van der Waals surface area contributed by atoms with E-state index >= 15 is 0 Å². The molecule has 12 heteroatoms. The van der Waals surface area contributed by atoms with Crippen LogP contribution in [0, 0.1) is 0 Å². The lowest BCUT2D eigenvalue weighted by atomic mass is 10.2. The highest BCUT2D eigenvalue weighted by molar-refractivity contribution is 6.30. The van der Waals surface area contributed by atoms with Gasteiger partial charge in [-0.3, -0.25) is 20.4 Å². The van der Waals surface area contributed by atoms with Gasteiger partial charge < -0.3 is 4.42 Å². The highest BCUT2D eigenvalue weighted by atomic mass is 35.5. The van der Waals surface area contributed by atoms with Gasteiger partial charge in [-0.15, -0.1) is 5.10 Å². The second kappa shape index (κ2) is 9.00. The normalized spacial score (nSPS) is 10.7. The van der Waals surface area contributed by atoms with Gasteiger partial charge in [-0.1, -0.05) is 17.7 Å². The van der Waals surface area contributed by atoms with E-state index in [0.717, 1.165) is 0 Å². The van der Waals surface area contributed by atoms with Gasteiger partial charge in [0.05, 0.1) is 17.6 Å². The molecule has 0 aliphatic heterocycles. The van der Waals surface area contributed by atoms with Crippen LogP contribution in [0.1, 0.15) is 20.8 Å². The third-order valence-corrected chi connectivity index (χ3v) is 5.04. The van der Waals surface area contributed by atoms with Crippen LogP contribution in [0.3, 0.4) is 0 Å². The predicted molar refractivity (Wildman–Crippen MR) is 120 cm³/mol. The molecular weight excluding hydrogens is 460 g/mol. The summed E-state index contributed by atoms with van der Waals surface area (Å²) in [5.41, 5.74) is 7.04. The number of nitrogens with zero attached hydrogens (tertiary/aromatic N) is 6. The smallest absolute Gasteiger partial charge is 0.290 e. The Hall–Kier alpha value is -4.77. The lowest BCUT2D eigenvalue weighted by Gasteiger charge is -2.07. The minimum atomic E-state index is -0.604. The molecule has 168 valence electrons. The topological polar surface area (TPSA) is 133 Å². The van der Waals surface area contributed by atoms with Crippen LogP contribution in [-0.4, -0.2) is 41.8 Å². The molecule has 0 bridgehead atoms. The van der Waals surface area contributed by atoms with Crippen molar-refractivity contribution in [2.45, 2.75) is 0 Å². The van der Waals surface area contributed by atoms with Crippen LogP contribution < -0.4 is 10.9 Å². The zero-order valence-electron chi connectivity index (χ0n) is 17.3. The predicted octanol–water partition coefficient (Wildman–Crippen LogP) is 2.84. The first-order chi connectivity index (χ1) is 16.6. The Morgan fingerprint density at radius 3 is 2.44 bits per heavy atom. The number of furan rings is 1. The number of carbonyl (C=O) groups is 2. The van der Waals surface area contributed by atoms with Gasteiger partial charge in [0.25, 0.3) is 11.8 Å². The average molecular weight is 475 g/mol. The van der Waals surface area contributed by atoms with Crippen LogP contribution in [0.5, 0.6) is 0 Å². The SMILES string of the molecule is O=C(NNC(=O)c1cc(-c2ccco2)n(-c2cccc(Cl)c2)n1)c1ccc(-n2cnnn2)cc1. The molecule has 2 amide bonds. The van der Waals surface area contributed by atoms with E-state index in [9.17, 15) is 9.59 Å². The van der Waals surface area contributed by atoms with Gasteiger partial charge in [0.15, 0.2) is 11.5 Å². The molecule has 0 fully saturated rings. The molecule has 0 saturated heterocycles. The van der Waals surface area contributed by atoms with Crippen molar-refractivity contribution in [2.24, 2.45) is 0 Å². The van der Waals surface area contributed by atoms with Crippen molar-refractivity contribution < 1.29 is 14.0 Å². The number of hydrogen-bond acceptors (Lipinski definition) is 7. The van der Waals surface area contributed by atoms with Crippen LogP contribution in [-0.2, 0) is 0 Å². The number of carbonyl (C=O) groups excluding carboxylic acids is 2. The van der Waals surface area contributed by atoms with Crippen LogP contribution in [0.25, 0.3) is 22.8 Å². The minimum absolute atomic E-state index is 0.0701. The molecule has 2 aromatic carbocycles. The van der Waals surface area contributed by atoms with E-state index in [1.807, 2.05) is 0 Å². The van der Waals surface area contributed by atoms with Gasteiger partial charge in [-0.2, -0.15) is 5.10 Å². The summed E-state index contributed by atoms with van der Waals surface area (Å²) < 4.78 is 8.48. The monoisotopic (exact) mass is 474 g/mol. The summed E-state index contributed by atoms with van der Waals surface area (Å²) in [4.78, 5) is 25.2. The Kier molecular flexibility index (Phi) is 5.58. The zero-order chi connectivity index (χ0) is 23.5. The number of hydrazine groups is 1. The Morgan fingerprint density at radius 2 is 1.74 bits per heavy atom. The van der Waals surface area contributed by atoms with Crippen molar-refractivity contribution in [1.82, 2.24) is 40.8 Å². The van der Waals surface area contributed by atoms with Crippen molar-refractivity contribution in [3.8, 4) is 22.8 Å². The number of rotatable bonds is 5. The summed E-state index contributed by atoms with van der Waals surface area (Å²) in [6, 6.07) is 18.6. The maximum atomic E-state index is 12.7. The summed E-state index contributed by atoms with van der Waals surface area (Å²) in [6.07, 6.45) is 2.96. The van der Waals surface area contributed by atoms with Gasteiger partial charge in [0.2, 0.25) is 0 Å². The summed E-state index contributed by atoms with van der Waals surface area (Å²) in [5, 5.41) is 15.8. The molecule has 11 nitrogen and oxygen atoms in total. The molecule has 0 spiro atoms. The molecule has 2 N–H and O–H groups in total. The lowest BCUT2D eigenvalue weighted by Crippen LogP contribution is -2.41. The number of amides is 2. The van der Waals surface area contributed by atoms with Crippen molar-refractivity contribution in [2.75, 3.05) is 0 Å². The lowest BCUT2D eigenvalue weighted by molar-refractivity contribution is 0.0843. The van der Waals surface area contributed by atoms with E-state index in [2.05, 4.69) is 31.5 Å². The number of halogens is 1. The maximum absolute atomic E-state index is 12.7. The summed E-state index contributed by atoms with van der Waals surface area (Å²) in [5.74, 6) is -0.595. The molecule has 0 aliphatic carbocycles. The third-order valence-electron chi connectivity index (χ3n) is 4.80. The summed E-state index contributed by atoms with van der Waals surface area (Å²) >= 11 is 6.12. The molecule has 5 rings (SSSR count). The molecule has 0 radical (unpaired) electrons. The molecule has 0 unspecified atom stereocenters. The van der Waals surface area contributed by atoms with E-state index in [1.54, 1.807) is 71.4 Å². The fraction of sp³-hybridized carbons (Fsp3) is 0. The van der Waals surface area contributed by atoms with Gasteiger partial charge in [-0.05, 0) is 65.0 Å². The van der Waals surface area contributed by atoms with E-state index in [1.165, 1.54) is 17.3 Å². The van der Waals surface area contributed by atoms with Gasteiger partial charge in [0.1, 0.15) is 12.0 Å². The fourth-order valence-corrected chi connectivity index (χ4v) is 3.38. The number of benzene rings is 2. The van der Waals surface area contributed by atoms with Crippen molar-refractivity contribution in [3.63, 3.8) is 0 Å². The molecule has 3 heterocycles. The molecule has 0 aliphatic rings. The van der Waals surface area contributed by atoms with Gasteiger partial charge in [-0.25, -0.2) is 9.36 Å².